The van der Waals surface area contributed by atoms with Crippen LogP contribution in [0.5, 0.6) is 0 Å². The minimum atomic E-state index is -0.316. The first-order chi connectivity index (χ1) is 5.72. The van der Waals surface area contributed by atoms with Crippen molar-refractivity contribution in [1.82, 2.24) is 4.98 Å². The second-order valence-corrected chi connectivity index (χ2v) is 3.57. The van der Waals surface area contributed by atoms with Gasteiger partial charge in [-0.15, -0.1) is 11.3 Å². The van der Waals surface area contributed by atoms with Crippen molar-refractivity contribution in [3.05, 3.63) is 16.1 Å². The Kier molecular flexibility index (Phi) is 3.22. The number of amides is 1. The van der Waals surface area contributed by atoms with E-state index in [1.165, 1.54) is 0 Å². The third-order valence-electron chi connectivity index (χ3n) is 1.42. The average molecular weight is 184 g/mol. The third-order valence-corrected chi connectivity index (χ3v) is 2.38. The van der Waals surface area contributed by atoms with Crippen LogP contribution in [0.15, 0.2) is 5.38 Å². The van der Waals surface area contributed by atoms with Crippen molar-refractivity contribution in [2.75, 3.05) is 0 Å². The molecular formula is C8H12N2OS. The number of nitrogens with two attached hydrogens (primary N) is 1. The fraction of sp³-hybridized carbons (Fsp3) is 0.500. The summed E-state index contributed by atoms with van der Waals surface area (Å²) in [6.45, 7) is 2.11. The van der Waals surface area contributed by atoms with Crippen LogP contribution in [0.25, 0.3) is 0 Å². The van der Waals surface area contributed by atoms with Gasteiger partial charge in [0, 0.05) is 5.38 Å². The Hall–Kier alpha value is -0.900. The summed E-state index contributed by atoms with van der Waals surface area (Å²) in [6.07, 6.45) is 2.34. The molecule has 0 unspecified atom stereocenters. The smallest absolute Gasteiger partial charge is 0.223 e. The molecule has 1 heterocycles. The van der Waals surface area contributed by atoms with E-state index >= 15 is 0 Å². The number of aromatic nitrogens is 1. The molecule has 1 aromatic rings. The number of rotatable bonds is 4. The fourth-order valence-corrected chi connectivity index (χ4v) is 1.84. The second-order valence-electron chi connectivity index (χ2n) is 2.63. The largest absolute Gasteiger partial charge is 0.369 e. The third kappa shape index (κ3) is 2.62. The van der Waals surface area contributed by atoms with Crippen LogP contribution < -0.4 is 5.73 Å². The molecule has 4 heteroatoms. The molecule has 0 atom stereocenters. The Labute approximate surface area is 75.6 Å². The van der Waals surface area contributed by atoms with Gasteiger partial charge in [-0.2, -0.15) is 0 Å². The molecule has 0 saturated carbocycles. The minimum absolute atomic E-state index is 0.264. The first-order valence-corrected chi connectivity index (χ1v) is 4.82. The fourth-order valence-electron chi connectivity index (χ4n) is 0.937. The SMILES string of the molecule is CCCc1nc(CC(N)=O)cs1. The summed E-state index contributed by atoms with van der Waals surface area (Å²) in [5, 5.41) is 2.99. The van der Waals surface area contributed by atoms with E-state index in [1.54, 1.807) is 11.3 Å². The molecule has 2 N–H and O–H groups in total. The molecule has 3 nitrogen and oxygen atoms in total. The van der Waals surface area contributed by atoms with Crippen LogP contribution in [0.1, 0.15) is 24.0 Å². The van der Waals surface area contributed by atoms with Gasteiger partial charge in [-0.3, -0.25) is 4.79 Å². The van der Waals surface area contributed by atoms with Crippen LogP contribution >= 0.6 is 11.3 Å². The Bertz CT molecular complexity index is 270. The summed E-state index contributed by atoms with van der Waals surface area (Å²) in [7, 11) is 0. The topological polar surface area (TPSA) is 56.0 Å². The molecule has 0 spiro atoms. The number of thiazole rings is 1. The maximum atomic E-state index is 10.5. The molecule has 12 heavy (non-hydrogen) atoms. The summed E-state index contributed by atoms with van der Waals surface area (Å²) in [4.78, 5) is 14.8. The molecule has 0 bridgehead atoms. The van der Waals surface area contributed by atoms with Crippen LogP contribution in [0.3, 0.4) is 0 Å². The number of nitrogens with zero attached hydrogens (tertiary/aromatic N) is 1. The first kappa shape index (κ1) is 9.19. The zero-order chi connectivity index (χ0) is 8.97. The molecule has 1 rings (SSSR count). The maximum Gasteiger partial charge on any atom is 0.223 e. The molecule has 0 radical (unpaired) electrons. The highest BCUT2D eigenvalue weighted by Gasteiger charge is 2.03. The predicted molar refractivity (Wildman–Crippen MR) is 49.0 cm³/mol. The van der Waals surface area contributed by atoms with Gasteiger partial charge >= 0.3 is 0 Å². The molecular weight excluding hydrogens is 172 g/mol. The second kappa shape index (κ2) is 4.21. The van der Waals surface area contributed by atoms with E-state index < -0.39 is 0 Å². The summed E-state index contributed by atoms with van der Waals surface area (Å²) in [5.74, 6) is -0.316. The van der Waals surface area contributed by atoms with Crippen LogP contribution in [-0.2, 0) is 17.6 Å². The molecule has 1 amide bonds. The van der Waals surface area contributed by atoms with Crippen molar-refractivity contribution < 1.29 is 4.79 Å². The zero-order valence-corrected chi connectivity index (χ0v) is 7.86. The molecule has 0 fully saturated rings. The van der Waals surface area contributed by atoms with Gasteiger partial charge in [-0.05, 0) is 12.8 Å². The van der Waals surface area contributed by atoms with Crippen LogP contribution in [-0.4, -0.2) is 10.9 Å². The van der Waals surface area contributed by atoms with E-state index in [2.05, 4.69) is 11.9 Å². The lowest BCUT2D eigenvalue weighted by molar-refractivity contribution is -0.117. The first-order valence-electron chi connectivity index (χ1n) is 3.94. The Morgan fingerprint density at radius 2 is 2.50 bits per heavy atom. The van der Waals surface area contributed by atoms with Crippen molar-refractivity contribution in [1.29, 1.82) is 0 Å². The number of carbonyl (C=O) groups is 1. The van der Waals surface area contributed by atoms with Crippen molar-refractivity contribution in [3.63, 3.8) is 0 Å². The lowest BCUT2D eigenvalue weighted by atomic mass is 10.3. The van der Waals surface area contributed by atoms with E-state index in [9.17, 15) is 4.79 Å². The lowest BCUT2D eigenvalue weighted by Gasteiger charge is -1.89. The van der Waals surface area contributed by atoms with Crippen LogP contribution in [0, 0.1) is 0 Å². The Morgan fingerprint density at radius 1 is 1.75 bits per heavy atom. The van der Waals surface area contributed by atoms with Gasteiger partial charge in [0.05, 0.1) is 17.1 Å². The van der Waals surface area contributed by atoms with Gasteiger partial charge in [-0.25, -0.2) is 4.98 Å². The molecule has 66 valence electrons. The Morgan fingerprint density at radius 3 is 3.08 bits per heavy atom. The van der Waals surface area contributed by atoms with Gasteiger partial charge in [0.1, 0.15) is 0 Å². The molecule has 0 aliphatic carbocycles. The lowest BCUT2D eigenvalue weighted by Crippen LogP contribution is -2.13. The Balaban J connectivity index is 2.58. The molecule has 0 aliphatic heterocycles. The number of primary amides is 1. The number of hydrogen-bond donors (Lipinski definition) is 1. The van der Waals surface area contributed by atoms with E-state index in [-0.39, 0.29) is 12.3 Å². The summed E-state index contributed by atoms with van der Waals surface area (Å²) in [6, 6.07) is 0. The van der Waals surface area contributed by atoms with Crippen LogP contribution in [0.2, 0.25) is 0 Å². The maximum absolute atomic E-state index is 10.5. The predicted octanol–water partition coefficient (Wildman–Crippen LogP) is 1.12. The number of aryl methyl sites for hydroxylation is 1. The molecule has 0 aromatic carbocycles. The number of carbonyl (C=O) groups excluding carboxylic acids is 1. The molecule has 0 aliphatic rings. The average Bonchev–Trinajstić information content (AvgIpc) is 2.36. The van der Waals surface area contributed by atoms with Gasteiger partial charge in [0.25, 0.3) is 0 Å². The molecule has 1 aromatic heterocycles. The highest BCUT2D eigenvalue weighted by Crippen LogP contribution is 2.11. The summed E-state index contributed by atoms with van der Waals surface area (Å²) >= 11 is 1.60. The molecule has 0 saturated heterocycles. The summed E-state index contributed by atoms with van der Waals surface area (Å²) < 4.78 is 0. The van der Waals surface area contributed by atoms with E-state index in [1.807, 2.05) is 5.38 Å². The van der Waals surface area contributed by atoms with Crippen molar-refractivity contribution in [3.8, 4) is 0 Å². The van der Waals surface area contributed by atoms with E-state index in [4.69, 9.17) is 5.73 Å². The highest BCUT2D eigenvalue weighted by atomic mass is 32.1. The minimum Gasteiger partial charge on any atom is -0.369 e. The zero-order valence-electron chi connectivity index (χ0n) is 7.04. The van der Waals surface area contributed by atoms with Gasteiger partial charge in [-0.1, -0.05) is 6.92 Å². The normalized spacial score (nSPS) is 10.1. The standard InChI is InChI=1S/C8H12N2OS/c1-2-3-8-10-6(5-12-8)4-7(9)11/h5H,2-4H2,1H3,(H2,9,11). The van der Waals surface area contributed by atoms with Crippen molar-refractivity contribution in [2.24, 2.45) is 5.73 Å². The van der Waals surface area contributed by atoms with Crippen molar-refractivity contribution >= 4 is 17.2 Å². The summed E-state index contributed by atoms with van der Waals surface area (Å²) in [5.41, 5.74) is 5.84. The van der Waals surface area contributed by atoms with Crippen LogP contribution in [0.4, 0.5) is 0 Å². The van der Waals surface area contributed by atoms with Gasteiger partial charge in [0.15, 0.2) is 0 Å². The quantitative estimate of drug-likeness (QED) is 0.762. The monoisotopic (exact) mass is 184 g/mol. The van der Waals surface area contributed by atoms with E-state index in [0.29, 0.717) is 0 Å². The number of hydrogen-bond acceptors (Lipinski definition) is 3. The van der Waals surface area contributed by atoms with Gasteiger partial charge in [0.2, 0.25) is 5.91 Å². The van der Waals surface area contributed by atoms with Crippen molar-refractivity contribution in [2.45, 2.75) is 26.2 Å². The van der Waals surface area contributed by atoms with E-state index in [0.717, 1.165) is 23.5 Å². The van der Waals surface area contributed by atoms with Gasteiger partial charge < -0.3 is 5.73 Å². The highest BCUT2D eigenvalue weighted by molar-refractivity contribution is 7.09.